The second-order valence-electron chi connectivity index (χ2n) is 11.8. The molecule has 2 heterocycles. The summed E-state index contributed by atoms with van der Waals surface area (Å²) in [5.74, 6) is 0. The lowest BCUT2D eigenvalue weighted by Gasteiger charge is -2.41. The van der Waals surface area contributed by atoms with E-state index >= 15 is 0 Å². The number of nitrogens with one attached hydrogen (secondary N) is 1. The van der Waals surface area contributed by atoms with Gasteiger partial charge in [0.1, 0.15) is 5.69 Å². The highest BCUT2D eigenvalue weighted by molar-refractivity contribution is 5.83. The van der Waals surface area contributed by atoms with Gasteiger partial charge in [-0.05, 0) is 75.2 Å². The molecule has 2 aromatic heterocycles. The highest BCUT2D eigenvalue weighted by Gasteiger charge is 2.34. The molecule has 1 aliphatic carbocycles. The third-order valence-corrected chi connectivity index (χ3v) is 8.87. The normalized spacial score (nSPS) is 17.3. The Balaban J connectivity index is 1.60. The zero-order valence-corrected chi connectivity index (χ0v) is 25.1. The van der Waals surface area contributed by atoms with Gasteiger partial charge in [0, 0.05) is 18.9 Å². The quantitative estimate of drug-likeness (QED) is 0.287. The molecule has 0 aliphatic heterocycles. The molecule has 0 spiro atoms. The van der Waals surface area contributed by atoms with Crippen LogP contribution in [0.5, 0.6) is 0 Å². The Labute approximate surface area is 253 Å². The van der Waals surface area contributed by atoms with E-state index in [4.69, 9.17) is 0 Å². The van der Waals surface area contributed by atoms with Gasteiger partial charge in [0.25, 0.3) is 0 Å². The van der Waals surface area contributed by atoms with Gasteiger partial charge < -0.3 is 9.80 Å². The van der Waals surface area contributed by atoms with Crippen LogP contribution in [0.3, 0.4) is 0 Å². The largest absolute Gasteiger partial charge is 0.416 e. The average Bonchev–Trinajstić information content (AvgIpc) is 3.58. The van der Waals surface area contributed by atoms with Gasteiger partial charge in [-0.1, -0.05) is 6.07 Å². The van der Waals surface area contributed by atoms with E-state index < -0.39 is 23.5 Å². The van der Waals surface area contributed by atoms with Crippen molar-refractivity contribution in [2.45, 2.75) is 57.8 Å². The van der Waals surface area contributed by atoms with Gasteiger partial charge in [-0.2, -0.15) is 23.5 Å². The van der Waals surface area contributed by atoms with Crippen LogP contribution >= 0.6 is 0 Å². The Bertz CT molecular complexity index is 1770. The first-order valence-electron chi connectivity index (χ1n) is 14.6. The number of halogens is 3. The Morgan fingerprint density at radius 2 is 1.75 bits per heavy atom. The van der Waals surface area contributed by atoms with Crippen LogP contribution in [0.25, 0.3) is 22.8 Å². The van der Waals surface area contributed by atoms with E-state index in [1.807, 2.05) is 0 Å². The number of imidazole rings is 1. The van der Waals surface area contributed by atoms with Crippen LogP contribution in [0, 0.1) is 18.3 Å². The molecule has 0 atom stereocenters. The van der Waals surface area contributed by atoms with Crippen molar-refractivity contribution < 1.29 is 22.4 Å². The van der Waals surface area contributed by atoms with Crippen molar-refractivity contribution in [3.8, 4) is 28.8 Å². The van der Waals surface area contributed by atoms with Gasteiger partial charge in [0.15, 0.2) is 0 Å². The van der Waals surface area contributed by atoms with E-state index in [9.17, 15) is 28.0 Å². The van der Waals surface area contributed by atoms with Crippen molar-refractivity contribution in [2.24, 2.45) is 0 Å². The standard InChI is InChI=1S/C32H34F3N7O2/c1-5-42(3,4)27-15-11-24(12-16-27)38-30(43)40-29(28-17-18-37-41(28)25-13-9-22(20-36)10-14-25)21(2)39(31(40)44)26-8-6-7-23(19-26)32(33,34)35/h6-10,13-14,17-19,24,27H,5,11-12,15-16H2,1-4H3/p+1/t24-,27-. The number of benzene rings is 2. The number of aromatic nitrogens is 4. The number of carbonyl (C=O) groups excluding carboxylic acids is 1. The molecule has 0 unspecified atom stereocenters. The van der Waals surface area contributed by atoms with Crippen molar-refractivity contribution in [1.82, 2.24) is 24.2 Å². The number of quaternary nitrogens is 1. The monoisotopic (exact) mass is 606 g/mol. The van der Waals surface area contributed by atoms with Gasteiger partial charge in [0.2, 0.25) is 0 Å². The van der Waals surface area contributed by atoms with Crippen LogP contribution < -0.4 is 11.0 Å². The summed E-state index contributed by atoms with van der Waals surface area (Å²) in [6.07, 6.45) is 0.231. The minimum absolute atomic E-state index is 0.0142. The maximum Gasteiger partial charge on any atom is 0.416 e. The van der Waals surface area contributed by atoms with Crippen LogP contribution in [-0.4, -0.2) is 62.2 Å². The van der Waals surface area contributed by atoms with E-state index in [0.717, 1.165) is 58.0 Å². The van der Waals surface area contributed by atoms with Crippen molar-refractivity contribution in [2.75, 3.05) is 20.6 Å². The molecule has 4 aromatic rings. The van der Waals surface area contributed by atoms with Crippen molar-refractivity contribution >= 4 is 6.03 Å². The Morgan fingerprint density at radius 3 is 2.36 bits per heavy atom. The number of rotatable bonds is 6. The van der Waals surface area contributed by atoms with E-state index in [1.54, 1.807) is 37.3 Å². The zero-order valence-electron chi connectivity index (χ0n) is 25.1. The van der Waals surface area contributed by atoms with Gasteiger partial charge in [-0.25, -0.2) is 18.8 Å². The van der Waals surface area contributed by atoms with Crippen LogP contribution in [0.15, 0.2) is 65.6 Å². The maximum atomic E-state index is 14.0. The molecule has 12 heteroatoms. The summed E-state index contributed by atoms with van der Waals surface area (Å²) in [7, 11) is 4.40. The number of hydrogen-bond donors (Lipinski definition) is 1. The minimum Gasteiger partial charge on any atom is -0.335 e. The molecule has 0 saturated heterocycles. The molecule has 9 nitrogen and oxygen atoms in total. The molecule has 2 aromatic carbocycles. The summed E-state index contributed by atoms with van der Waals surface area (Å²) in [6, 6.07) is 14.4. The summed E-state index contributed by atoms with van der Waals surface area (Å²) in [6.45, 7) is 4.74. The van der Waals surface area contributed by atoms with Crippen LogP contribution in [0.2, 0.25) is 0 Å². The molecule has 1 saturated carbocycles. The highest BCUT2D eigenvalue weighted by atomic mass is 19.4. The fraction of sp³-hybridized carbons (Fsp3) is 0.375. The summed E-state index contributed by atoms with van der Waals surface area (Å²) in [5.41, 5.74) is 0.156. The fourth-order valence-electron chi connectivity index (χ4n) is 6.00. The van der Waals surface area contributed by atoms with Gasteiger partial charge in [-0.3, -0.25) is 4.57 Å². The topological polar surface area (TPSA) is 97.6 Å². The van der Waals surface area contributed by atoms with Crippen LogP contribution in [-0.2, 0) is 6.18 Å². The van der Waals surface area contributed by atoms with Crippen LogP contribution in [0.4, 0.5) is 18.0 Å². The summed E-state index contributed by atoms with van der Waals surface area (Å²) in [5, 5.41) is 16.6. The van der Waals surface area contributed by atoms with Crippen molar-refractivity contribution in [3.05, 3.63) is 88.1 Å². The second kappa shape index (κ2) is 11.8. The first-order valence-corrected chi connectivity index (χ1v) is 14.6. The van der Waals surface area contributed by atoms with Crippen molar-refractivity contribution in [1.29, 1.82) is 5.26 Å². The molecule has 1 N–H and O–H groups in total. The SMILES string of the molecule is CC[N+](C)(C)[C@H]1CC[C@H](NC(=O)n2c(-c3ccnn3-c3ccc(C#N)cc3)c(C)n(-c3cccc(C(F)(F)F)c3)c2=O)CC1. The number of amides is 1. The molecule has 230 valence electrons. The second-order valence-corrected chi connectivity index (χ2v) is 11.8. The molecule has 1 aliphatic rings. The number of nitriles is 1. The summed E-state index contributed by atoms with van der Waals surface area (Å²) in [4.78, 5) is 27.9. The minimum atomic E-state index is -4.62. The Hall–Kier alpha value is -4.63. The number of alkyl halides is 3. The maximum absolute atomic E-state index is 14.0. The molecular formula is C32H35F3N7O2+. The molecule has 1 fully saturated rings. The predicted molar refractivity (Wildman–Crippen MR) is 160 cm³/mol. The molecule has 5 rings (SSSR count). The number of carbonyl (C=O) groups is 1. The molecule has 1 amide bonds. The lowest BCUT2D eigenvalue weighted by molar-refractivity contribution is -0.914. The molecular weight excluding hydrogens is 571 g/mol. The Kier molecular flexibility index (Phi) is 8.27. The first kappa shape index (κ1) is 30.8. The van der Waals surface area contributed by atoms with Gasteiger partial charge in [-0.15, -0.1) is 0 Å². The first-order chi connectivity index (χ1) is 20.9. The zero-order chi connectivity index (χ0) is 31.8. The van der Waals surface area contributed by atoms with E-state index in [1.165, 1.54) is 23.0 Å². The summed E-state index contributed by atoms with van der Waals surface area (Å²) < 4.78 is 45.4. The van der Waals surface area contributed by atoms with Gasteiger partial charge >= 0.3 is 17.9 Å². The van der Waals surface area contributed by atoms with Gasteiger partial charge in [0.05, 0.1) is 72.8 Å². The highest BCUT2D eigenvalue weighted by Crippen LogP contribution is 2.32. The van der Waals surface area contributed by atoms with Crippen molar-refractivity contribution in [3.63, 3.8) is 0 Å². The fourth-order valence-corrected chi connectivity index (χ4v) is 6.00. The number of nitrogens with zero attached hydrogens (tertiary/aromatic N) is 6. The lowest BCUT2D eigenvalue weighted by Crippen LogP contribution is -2.52. The third-order valence-electron chi connectivity index (χ3n) is 8.87. The molecule has 0 bridgehead atoms. The molecule has 44 heavy (non-hydrogen) atoms. The number of hydrogen-bond acceptors (Lipinski definition) is 4. The third kappa shape index (κ3) is 5.79. The van der Waals surface area contributed by atoms with Crippen LogP contribution in [0.1, 0.15) is 49.4 Å². The average molecular weight is 607 g/mol. The van der Waals surface area contributed by atoms with E-state index in [2.05, 4.69) is 37.5 Å². The van der Waals surface area contributed by atoms with E-state index in [-0.39, 0.29) is 23.1 Å². The lowest BCUT2D eigenvalue weighted by atomic mass is 9.89. The smallest absolute Gasteiger partial charge is 0.335 e. The summed E-state index contributed by atoms with van der Waals surface area (Å²) >= 11 is 0. The predicted octanol–water partition coefficient (Wildman–Crippen LogP) is 5.66. The van der Waals surface area contributed by atoms with E-state index in [0.29, 0.717) is 23.0 Å². The molecule has 0 radical (unpaired) electrons. The Morgan fingerprint density at radius 1 is 1.07 bits per heavy atom.